The fraction of sp³-hybridized carbons (Fsp3) is 0.196. The fourth-order valence-electron chi connectivity index (χ4n) is 8.30. The minimum atomic E-state index is -0.851. The topological polar surface area (TPSA) is 33.0 Å². The second-order valence-electron chi connectivity index (χ2n) is 13.6. The van der Waals surface area contributed by atoms with Crippen molar-refractivity contribution in [1.82, 2.24) is 9.61 Å². The van der Waals surface area contributed by atoms with E-state index in [1.54, 1.807) is 0 Å². The number of pyridine rings is 1. The Morgan fingerprint density at radius 3 is 1.73 bits per heavy atom. The molecule has 0 unspecified atom stereocenters. The molecule has 5 heteroatoms. The van der Waals surface area contributed by atoms with Crippen molar-refractivity contribution in [2.24, 2.45) is 0 Å². The van der Waals surface area contributed by atoms with Crippen molar-refractivity contribution in [2.45, 2.75) is 32.3 Å². The van der Waals surface area contributed by atoms with Crippen LogP contribution in [0, 0.1) is 0 Å². The number of para-hydroxylation sites is 1. The Morgan fingerprint density at radius 2 is 1.14 bits per heavy atom. The van der Waals surface area contributed by atoms with Crippen molar-refractivity contribution < 1.29 is 4.74 Å². The van der Waals surface area contributed by atoms with Crippen LogP contribution in [-0.2, 0) is 18.4 Å². The summed E-state index contributed by atoms with van der Waals surface area (Å²) >= 11 is 0. The van der Waals surface area contributed by atoms with Gasteiger partial charge in [-0.2, -0.15) is 5.10 Å². The summed E-state index contributed by atoms with van der Waals surface area (Å²) in [5.41, 5.74) is 13.3. The first-order valence-electron chi connectivity index (χ1n) is 18.3. The van der Waals surface area contributed by atoms with Gasteiger partial charge in [0.1, 0.15) is 11.4 Å². The lowest BCUT2D eigenvalue weighted by molar-refractivity contribution is 0.158. The monoisotopic (exact) mass is 666 g/mol. The Labute approximate surface area is 300 Å². The van der Waals surface area contributed by atoms with E-state index < -0.39 is 5.60 Å². The van der Waals surface area contributed by atoms with Crippen molar-refractivity contribution in [3.05, 3.63) is 174 Å². The smallest absolute Gasteiger partial charge is 0.190 e. The van der Waals surface area contributed by atoms with Crippen LogP contribution < -0.4 is 14.5 Å². The average molecular weight is 667 g/mol. The molecule has 1 aliphatic carbocycles. The number of aromatic nitrogens is 2. The van der Waals surface area contributed by atoms with Crippen LogP contribution in [0.3, 0.4) is 0 Å². The molecule has 9 rings (SSSR count). The molecule has 2 aliphatic rings. The summed E-state index contributed by atoms with van der Waals surface area (Å²) in [6.45, 7) is 8.25. The third-order valence-corrected chi connectivity index (χ3v) is 10.9. The number of likely N-dealkylation sites (N-methyl/N-ethyl adjacent to an activating group) is 2. The summed E-state index contributed by atoms with van der Waals surface area (Å²) in [5.74, 6) is 0.858. The van der Waals surface area contributed by atoms with Crippen LogP contribution >= 0.6 is 0 Å². The zero-order chi connectivity index (χ0) is 34.4. The Bertz CT molecular complexity index is 2240. The second-order valence-corrected chi connectivity index (χ2v) is 13.6. The summed E-state index contributed by atoms with van der Waals surface area (Å²) < 4.78 is 9.43. The molecule has 5 aromatic carbocycles. The lowest BCUT2D eigenvalue weighted by Crippen LogP contribution is -2.36. The highest BCUT2D eigenvalue weighted by Crippen LogP contribution is 2.60. The molecule has 0 radical (unpaired) electrons. The van der Waals surface area contributed by atoms with Gasteiger partial charge in [0.05, 0.1) is 11.1 Å². The molecule has 0 N–H and O–H groups in total. The largest absolute Gasteiger partial charge is 0.472 e. The molecule has 0 atom stereocenters. The molecule has 0 fully saturated rings. The van der Waals surface area contributed by atoms with Gasteiger partial charge >= 0.3 is 0 Å². The highest BCUT2D eigenvalue weighted by Gasteiger charge is 2.53. The summed E-state index contributed by atoms with van der Waals surface area (Å²) in [7, 11) is 0. The molecule has 0 amide bonds. The molecule has 3 heterocycles. The van der Waals surface area contributed by atoms with Crippen molar-refractivity contribution in [3.63, 3.8) is 0 Å². The molecule has 1 aliphatic heterocycles. The Balaban J connectivity index is 1.21. The Morgan fingerprint density at radius 1 is 0.588 bits per heavy atom. The third-order valence-electron chi connectivity index (χ3n) is 10.9. The zero-order valence-corrected chi connectivity index (χ0v) is 29.3. The van der Waals surface area contributed by atoms with Crippen LogP contribution in [-0.4, -0.2) is 35.8 Å². The minimum absolute atomic E-state index is 0.851. The number of benzene rings is 5. The van der Waals surface area contributed by atoms with Gasteiger partial charge in [-0.05, 0) is 97.5 Å². The number of rotatable bonds is 10. The molecule has 7 aromatic rings. The van der Waals surface area contributed by atoms with Crippen molar-refractivity contribution in [2.75, 3.05) is 36.0 Å². The molecular formula is C46H42N4O. The number of ether oxygens (including phenoxy) is 1. The summed E-state index contributed by atoms with van der Waals surface area (Å²) in [6, 6.07) is 50.4. The van der Waals surface area contributed by atoms with Gasteiger partial charge in [0, 0.05) is 60.4 Å². The number of hydrogen-bond donors (Lipinski definition) is 0. The molecule has 0 saturated carbocycles. The molecule has 0 saturated heterocycles. The van der Waals surface area contributed by atoms with E-state index in [-0.39, 0.29) is 0 Å². The SMILES string of the molecule is CCN(CCc1ccccc1)c1ccc2c(c1)-c1cc(N(CC)CCc3ccccc3)ccc1C21Oc2ccccc2-c2nn3ccccc3c21. The van der Waals surface area contributed by atoms with Crippen molar-refractivity contribution in [1.29, 1.82) is 0 Å². The first-order chi connectivity index (χ1) is 25.2. The highest BCUT2D eigenvalue weighted by atomic mass is 16.5. The first-order valence-corrected chi connectivity index (χ1v) is 18.3. The Kier molecular flexibility index (Phi) is 7.84. The van der Waals surface area contributed by atoms with E-state index >= 15 is 0 Å². The van der Waals surface area contributed by atoms with E-state index in [1.165, 1.54) is 44.8 Å². The van der Waals surface area contributed by atoms with Gasteiger partial charge in [-0.1, -0.05) is 91.0 Å². The predicted molar refractivity (Wildman–Crippen MR) is 209 cm³/mol. The normalized spacial score (nSPS) is 13.3. The predicted octanol–water partition coefficient (Wildman–Crippen LogP) is 9.80. The average Bonchev–Trinajstić information content (AvgIpc) is 3.71. The Hall–Kier alpha value is -5.81. The van der Waals surface area contributed by atoms with Gasteiger partial charge in [0.15, 0.2) is 5.60 Å². The maximum Gasteiger partial charge on any atom is 0.190 e. The first kappa shape index (κ1) is 31.2. The lowest BCUT2D eigenvalue weighted by Gasteiger charge is -2.37. The number of nitrogens with zero attached hydrogens (tertiary/aromatic N) is 4. The van der Waals surface area contributed by atoms with Crippen LogP contribution in [0.2, 0.25) is 0 Å². The van der Waals surface area contributed by atoms with E-state index in [1.807, 2.05) is 16.8 Å². The fourth-order valence-corrected chi connectivity index (χ4v) is 8.30. The van der Waals surface area contributed by atoms with E-state index in [2.05, 4.69) is 157 Å². The number of fused-ring (bicyclic) bond motifs is 11. The second kappa shape index (κ2) is 12.8. The molecule has 51 heavy (non-hydrogen) atoms. The highest BCUT2D eigenvalue weighted by molar-refractivity contribution is 5.92. The van der Waals surface area contributed by atoms with Gasteiger partial charge in [0.2, 0.25) is 0 Å². The molecule has 1 spiro atoms. The van der Waals surface area contributed by atoms with Crippen molar-refractivity contribution >= 4 is 16.9 Å². The zero-order valence-electron chi connectivity index (χ0n) is 29.3. The van der Waals surface area contributed by atoms with E-state index in [0.717, 1.165) is 67.1 Å². The van der Waals surface area contributed by atoms with Crippen LogP contribution in [0.5, 0.6) is 5.75 Å². The molecular weight excluding hydrogens is 625 g/mol. The van der Waals surface area contributed by atoms with Crippen LogP contribution in [0.15, 0.2) is 146 Å². The van der Waals surface area contributed by atoms with E-state index in [4.69, 9.17) is 9.84 Å². The van der Waals surface area contributed by atoms with E-state index in [0.29, 0.717) is 0 Å². The summed E-state index contributed by atoms with van der Waals surface area (Å²) in [4.78, 5) is 5.00. The quantitative estimate of drug-likeness (QED) is 0.146. The van der Waals surface area contributed by atoms with Crippen LogP contribution in [0.1, 0.15) is 41.7 Å². The summed E-state index contributed by atoms with van der Waals surface area (Å²) in [5, 5.41) is 5.20. The van der Waals surface area contributed by atoms with Crippen molar-refractivity contribution in [3.8, 4) is 28.1 Å². The van der Waals surface area contributed by atoms with Gasteiger partial charge in [-0.25, -0.2) is 4.52 Å². The maximum absolute atomic E-state index is 7.41. The molecule has 252 valence electrons. The third kappa shape index (κ3) is 5.18. The number of anilines is 2. The standard InChI is InChI=1S/C46H42N4O/c1-3-48(29-26-33-15-7-5-8-16-33)35-22-24-40-38(31-35)39-32-36(49(4-2)30-27-34-17-9-6-10-18-34)23-25-41(39)46(40)44-42-20-13-14-28-50(42)47-45(44)37-19-11-12-21-43(37)51-46/h5-25,28,31-32H,3-4,26-27,29-30H2,1-2H3. The molecule has 5 nitrogen and oxygen atoms in total. The van der Waals surface area contributed by atoms with Gasteiger partial charge in [-0.15, -0.1) is 0 Å². The van der Waals surface area contributed by atoms with Gasteiger partial charge in [-0.3, -0.25) is 0 Å². The van der Waals surface area contributed by atoms with Crippen LogP contribution in [0.4, 0.5) is 11.4 Å². The van der Waals surface area contributed by atoms with Gasteiger partial charge in [0.25, 0.3) is 0 Å². The molecule has 0 bridgehead atoms. The number of hydrogen-bond acceptors (Lipinski definition) is 4. The minimum Gasteiger partial charge on any atom is -0.472 e. The van der Waals surface area contributed by atoms with E-state index in [9.17, 15) is 0 Å². The maximum atomic E-state index is 7.41. The molecule has 2 aromatic heterocycles. The van der Waals surface area contributed by atoms with Gasteiger partial charge < -0.3 is 14.5 Å². The summed E-state index contributed by atoms with van der Waals surface area (Å²) in [6.07, 6.45) is 4.04. The van der Waals surface area contributed by atoms with Crippen LogP contribution in [0.25, 0.3) is 27.9 Å². The lowest BCUT2D eigenvalue weighted by atomic mass is 9.79.